The first-order chi connectivity index (χ1) is 14.8. The Morgan fingerprint density at radius 3 is 3.00 bits per heavy atom. The number of nitrogens with zero attached hydrogens (tertiary/aromatic N) is 3. The Hall–Kier alpha value is -3.32. The molecule has 0 radical (unpaired) electrons. The molecule has 7 nitrogen and oxygen atoms in total. The van der Waals surface area contributed by atoms with Crippen molar-refractivity contribution < 1.29 is 14.3 Å². The molecular formula is C23H24N4O3. The zero-order valence-electron chi connectivity index (χ0n) is 16.7. The molecule has 0 bridgehead atoms. The van der Waals surface area contributed by atoms with Crippen LogP contribution < -0.4 is 14.8 Å². The number of carbonyl (C=O) groups is 1. The predicted octanol–water partition coefficient (Wildman–Crippen LogP) is 3.45. The molecule has 1 unspecified atom stereocenters. The number of benzene rings is 2. The minimum Gasteiger partial charge on any atom is -0.454 e. The number of rotatable bonds is 5. The highest BCUT2D eigenvalue weighted by Gasteiger charge is 2.27. The van der Waals surface area contributed by atoms with Gasteiger partial charge in [0.25, 0.3) is 0 Å². The smallest absolute Gasteiger partial charge is 0.231 e. The third kappa shape index (κ3) is 3.89. The van der Waals surface area contributed by atoms with Gasteiger partial charge < -0.3 is 14.8 Å². The Bertz CT molecular complexity index is 1030. The quantitative estimate of drug-likeness (QED) is 0.705. The number of para-hydroxylation sites is 1. The molecular weight excluding hydrogens is 380 g/mol. The van der Waals surface area contributed by atoms with E-state index in [9.17, 15) is 4.79 Å². The molecule has 7 heteroatoms. The molecule has 3 aromatic rings. The fraction of sp³-hybridized carbons (Fsp3) is 0.304. The van der Waals surface area contributed by atoms with Gasteiger partial charge in [0.1, 0.15) is 0 Å². The highest BCUT2D eigenvalue weighted by atomic mass is 16.7. The molecule has 3 heterocycles. The molecule has 154 valence electrons. The highest BCUT2D eigenvalue weighted by Crippen LogP contribution is 2.36. The Morgan fingerprint density at radius 1 is 1.17 bits per heavy atom. The summed E-state index contributed by atoms with van der Waals surface area (Å²) in [6.45, 7) is 2.73. The van der Waals surface area contributed by atoms with Crippen molar-refractivity contribution in [2.75, 3.05) is 25.2 Å². The van der Waals surface area contributed by atoms with Crippen LogP contribution in [0.15, 0.2) is 60.9 Å². The number of hydrogen-bond acceptors (Lipinski definition) is 5. The summed E-state index contributed by atoms with van der Waals surface area (Å²) in [6, 6.07) is 15.6. The van der Waals surface area contributed by atoms with Crippen LogP contribution in [0.25, 0.3) is 5.69 Å². The van der Waals surface area contributed by atoms with E-state index in [1.807, 2.05) is 48.7 Å². The van der Waals surface area contributed by atoms with E-state index in [1.54, 1.807) is 10.9 Å². The van der Waals surface area contributed by atoms with Gasteiger partial charge in [-0.15, -0.1) is 0 Å². The first kappa shape index (κ1) is 18.7. The molecule has 2 aromatic carbocycles. The zero-order chi connectivity index (χ0) is 20.3. The van der Waals surface area contributed by atoms with Crippen LogP contribution in [0.5, 0.6) is 11.5 Å². The number of nitrogens with one attached hydrogen (secondary N) is 1. The summed E-state index contributed by atoms with van der Waals surface area (Å²) in [4.78, 5) is 15.3. The minimum atomic E-state index is -0.0407. The molecule has 0 spiro atoms. The van der Waals surface area contributed by atoms with Crippen LogP contribution in [0.1, 0.15) is 18.4 Å². The Morgan fingerprint density at radius 2 is 2.10 bits per heavy atom. The average molecular weight is 404 g/mol. The van der Waals surface area contributed by atoms with Gasteiger partial charge in [-0.25, -0.2) is 4.68 Å². The van der Waals surface area contributed by atoms with Crippen LogP contribution in [-0.4, -0.2) is 40.5 Å². The lowest BCUT2D eigenvalue weighted by Gasteiger charge is -2.32. The van der Waals surface area contributed by atoms with E-state index >= 15 is 0 Å². The fourth-order valence-corrected chi connectivity index (χ4v) is 4.16. The van der Waals surface area contributed by atoms with Crippen LogP contribution in [-0.2, 0) is 11.3 Å². The van der Waals surface area contributed by atoms with Crippen molar-refractivity contribution in [2.24, 2.45) is 5.92 Å². The van der Waals surface area contributed by atoms with E-state index in [4.69, 9.17) is 9.47 Å². The summed E-state index contributed by atoms with van der Waals surface area (Å²) in [6.07, 6.45) is 5.52. The number of carbonyl (C=O) groups excluding carboxylic acids is 1. The normalized spacial score (nSPS) is 18.3. The third-order valence-corrected chi connectivity index (χ3v) is 5.63. The van der Waals surface area contributed by atoms with Crippen LogP contribution in [0.3, 0.4) is 0 Å². The molecule has 0 aliphatic carbocycles. The van der Waals surface area contributed by atoms with Gasteiger partial charge in [-0.2, -0.15) is 5.10 Å². The van der Waals surface area contributed by atoms with Gasteiger partial charge in [0.15, 0.2) is 11.5 Å². The van der Waals surface area contributed by atoms with E-state index in [0.717, 1.165) is 60.9 Å². The van der Waals surface area contributed by atoms with Crippen molar-refractivity contribution in [1.29, 1.82) is 0 Å². The fourth-order valence-electron chi connectivity index (χ4n) is 4.16. The maximum Gasteiger partial charge on any atom is 0.231 e. The van der Waals surface area contributed by atoms with Gasteiger partial charge in [0, 0.05) is 36.7 Å². The molecule has 1 atom stereocenters. The topological polar surface area (TPSA) is 68.6 Å². The average Bonchev–Trinajstić information content (AvgIpc) is 3.47. The van der Waals surface area contributed by atoms with E-state index in [2.05, 4.69) is 21.4 Å². The highest BCUT2D eigenvalue weighted by molar-refractivity contribution is 5.93. The van der Waals surface area contributed by atoms with E-state index in [0.29, 0.717) is 0 Å². The van der Waals surface area contributed by atoms with Crippen molar-refractivity contribution in [3.8, 4) is 17.2 Å². The zero-order valence-corrected chi connectivity index (χ0v) is 16.7. The Labute approximate surface area is 175 Å². The second-order valence-electron chi connectivity index (χ2n) is 7.72. The first-order valence-corrected chi connectivity index (χ1v) is 10.3. The number of ether oxygens (including phenoxy) is 2. The molecule has 2 aliphatic rings. The van der Waals surface area contributed by atoms with E-state index < -0.39 is 0 Å². The molecule has 1 amide bonds. The molecule has 0 saturated carbocycles. The second kappa shape index (κ2) is 8.20. The number of fused-ring (bicyclic) bond motifs is 1. The van der Waals surface area contributed by atoms with Gasteiger partial charge in [-0.3, -0.25) is 9.69 Å². The second-order valence-corrected chi connectivity index (χ2v) is 7.72. The van der Waals surface area contributed by atoms with Crippen molar-refractivity contribution in [2.45, 2.75) is 19.4 Å². The molecule has 1 aromatic heterocycles. The van der Waals surface area contributed by atoms with Crippen molar-refractivity contribution in [3.05, 3.63) is 66.5 Å². The van der Waals surface area contributed by atoms with Crippen LogP contribution >= 0.6 is 0 Å². The number of likely N-dealkylation sites (tertiary alicyclic amines) is 1. The number of hydrogen-bond donors (Lipinski definition) is 1. The lowest BCUT2D eigenvalue weighted by molar-refractivity contribution is -0.121. The van der Waals surface area contributed by atoms with Crippen LogP contribution in [0.4, 0.5) is 5.69 Å². The lowest BCUT2D eigenvalue weighted by atomic mass is 9.96. The summed E-state index contributed by atoms with van der Waals surface area (Å²) in [5, 5.41) is 7.34. The summed E-state index contributed by atoms with van der Waals surface area (Å²) in [5.74, 6) is 1.66. The summed E-state index contributed by atoms with van der Waals surface area (Å²) in [5.41, 5.74) is 2.82. The minimum absolute atomic E-state index is 0.0407. The van der Waals surface area contributed by atoms with E-state index in [-0.39, 0.29) is 18.6 Å². The number of amides is 1. The number of piperidine rings is 1. The maximum absolute atomic E-state index is 12.9. The van der Waals surface area contributed by atoms with Crippen molar-refractivity contribution >= 4 is 11.6 Å². The van der Waals surface area contributed by atoms with Gasteiger partial charge in [-0.1, -0.05) is 18.2 Å². The van der Waals surface area contributed by atoms with Gasteiger partial charge >= 0.3 is 0 Å². The van der Waals surface area contributed by atoms with Gasteiger partial charge in [-0.05, 0) is 49.7 Å². The molecule has 30 heavy (non-hydrogen) atoms. The van der Waals surface area contributed by atoms with Crippen molar-refractivity contribution in [3.63, 3.8) is 0 Å². The van der Waals surface area contributed by atoms with Crippen LogP contribution in [0, 0.1) is 5.92 Å². The standard InChI is InChI=1S/C23H24N4O3/c28-23(25-19-7-2-8-20(13-19)27-12-4-10-24-27)18-6-3-11-26(15-18)14-17-5-1-9-21-22(17)30-16-29-21/h1-2,4-5,7-10,12-13,18H,3,6,11,14-16H2,(H,25,28). The molecule has 1 N–H and O–H groups in total. The lowest BCUT2D eigenvalue weighted by Crippen LogP contribution is -2.40. The molecule has 1 saturated heterocycles. The Kier molecular flexibility index (Phi) is 5.11. The first-order valence-electron chi connectivity index (χ1n) is 10.3. The van der Waals surface area contributed by atoms with Gasteiger partial charge in [0.2, 0.25) is 12.7 Å². The number of aromatic nitrogens is 2. The predicted molar refractivity (Wildman–Crippen MR) is 113 cm³/mol. The van der Waals surface area contributed by atoms with Crippen LogP contribution in [0.2, 0.25) is 0 Å². The molecule has 1 fully saturated rings. The van der Waals surface area contributed by atoms with Gasteiger partial charge in [0.05, 0.1) is 11.6 Å². The monoisotopic (exact) mass is 404 g/mol. The number of anilines is 1. The summed E-state index contributed by atoms with van der Waals surface area (Å²) in [7, 11) is 0. The summed E-state index contributed by atoms with van der Waals surface area (Å²) < 4.78 is 12.9. The third-order valence-electron chi connectivity index (χ3n) is 5.63. The summed E-state index contributed by atoms with van der Waals surface area (Å²) >= 11 is 0. The Balaban J connectivity index is 1.24. The largest absolute Gasteiger partial charge is 0.454 e. The maximum atomic E-state index is 12.9. The SMILES string of the molecule is O=C(Nc1cccc(-n2cccn2)c1)C1CCCN(Cc2cccc3c2OCO3)C1. The molecule has 5 rings (SSSR count). The van der Waals surface area contributed by atoms with E-state index in [1.165, 1.54) is 0 Å². The van der Waals surface area contributed by atoms with Crippen molar-refractivity contribution in [1.82, 2.24) is 14.7 Å². The molecule has 2 aliphatic heterocycles.